The van der Waals surface area contributed by atoms with Gasteiger partial charge in [-0.15, -0.1) is 0 Å². The Morgan fingerprint density at radius 1 is 1.50 bits per heavy atom. The molecule has 0 aliphatic rings. The molecular weight excluding hydrogens is 273 g/mol. The lowest BCUT2D eigenvalue weighted by Gasteiger charge is -2.26. The van der Waals surface area contributed by atoms with Gasteiger partial charge in [-0.3, -0.25) is 0 Å². The molecule has 1 aromatic rings. The van der Waals surface area contributed by atoms with Gasteiger partial charge in [-0.2, -0.15) is 0 Å². The molecule has 2 N–H and O–H groups in total. The predicted molar refractivity (Wildman–Crippen MR) is 68.4 cm³/mol. The van der Waals surface area contributed by atoms with Crippen LogP contribution in [-0.2, 0) is 5.41 Å². The molecule has 0 atom stereocenters. The average Bonchev–Trinajstić information content (AvgIpc) is 2.25. The number of nitrogens with two attached hydrogens (primary N) is 1. The van der Waals surface area contributed by atoms with Gasteiger partial charge < -0.3 is 10.5 Å². The summed E-state index contributed by atoms with van der Waals surface area (Å²) < 4.78 is 19.2. The number of anilines is 1. The minimum absolute atomic E-state index is 0.102. The summed E-state index contributed by atoms with van der Waals surface area (Å²) in [4.78, 5) is 0. The number of ether oxygens (including phenoxy) is 1. The standard InChI is InChI=1S/C12H17BrFNO/c1-5-12(2,3)7-6-8(15)10(14)9(13)11(7)16-4/h6H,5,15H2,1-4H3. The summed E-state index contributed by atoms with van der Waals surface area (Å²) in [5.74, 6) is 0.0612. The van der Waals surface area contributed by atoms with Crippen molar-refractivity contribution in [2.75, 3.05) is 12.8 Å². The third kappa shape index (κ3) is 2.17. The molecule has 0 spiro atoms. The molecule has 1 rings (SSSR count). The monoisotopic (exact) mass is 289 g/mol. The van der Waals surface area contributed by atoms with Crippen molar-refractivity contribution in [3.8, 4) is 5.75 Å². The minimum atomic E-state index is -0.465. The van der Waals surface area contributed by atoms with Gasteiger partial charge >= 0.3 is 0 Å². The van der Waals surface area contributed by atoms with Crippen LogP contribution in [0, 0.1) is 5.82 Å². The van der Waals surface area contributed by atoms with Crippen LogP contribution in [0.5, 0.6) is 5.75 Å². The highest BCUT2D eigenvalue weighted by molar-refractivity contribution is 9.10. The Balaban J connectivity index is 3.51. The summed E-state index contributed by atoms with van der Waals surface area (Å²) in [5.41, 5.74) is 6.60. The third-order valence-corrected chi connectivity index (χ3v) is 3.72. The molecule has 0 saturated carbocycles. The molecule has 0 aliphatic heterocycles. The summed E-state index contributed by atoms with van der Waals surface area (Å²) in [7, 11) is 1.53. The van der Waals surface area contributed by atoms with Crippen LogP contribution in [0.15, 0.2) is 10.5 Å². The van der Waals surface area contributed by atoms with Gasteiger partial charge in [-0.25, -0.2) is 4.39 Å². The van der Waals surface area contributed by atoms with E-state index in [0.29, 0.717) is 10.2 Å². The molecule has 2 nitrogen and oxygen atoms in total. The summed E-state index contributed by atoms with van der Waals surface area (Å²) in [6.45, 7) is 6.23. The summed E-state index contributed by atoms with van der Waals surface area (Å²) in [5, 5.41) is 0. The summed E-state index contributed by atoms with van der Waals surface area (Å²) >= 11 is 3.18. The van der Waals surface area contributed by atoms with E-state index in [4.69, 9.17) is 10.5 Å². The fraction of sp³-hybridized carbons (Fsp3) is 0.500. The largest absolute Gasteiger partial charge is 0.495 e. The van der Waals surface area contributed by atoms with E-state index in [9.17, 15) is 4.39 Å². The van der Waals surface area contributed by atoms with Crippen LogP contribution in [0.3, 0.4) is 0 Å². The van der Waals surface area contributed by atoms with Crippen molar-refractivity contribution in [3.63, 3.8) is 0 Å². The van der Waals surface area contributed by atoms with E-state index >= 15 is 0 Å². The van der Waals surface area contributed by atoms with Crippen molar-refractivity contribution in [2.24, 2.45) is 0 Å². The van der Waals surface area contributed by atoms with E-state index in [0.717, 1.165) is 12.0 Å². The first-order valence-electron chi connectivity index (χ1n) is 5.17. The van der Waals surface area contributed by atoms with Gasteiger partial charge in [0.15, 0.2) is 5.82 Å². The van der Waals surface area contributed by atoms with Crippen LogP contribution in [-0.4, -0.2) is 7.11 Å². The van der Waals surface area contributed by atoms with Gasteiger partial charge in [0.2, 0.25) is 0 Å². The van der Waals surface area contributed by atoms with Gasteiger partial charge in [0, 0.05) is 5.56 Å². The molecule has 0 unspecified atom stereocenters. The number of hydrogen-bond donors (Lipinski definition) is 1. The highest BCUT2D eigenvalue weighted by Gasteiger charge is 2.26. The minimum Gasteiger partial charge on any atom is -0.495 e. The summed E-state index contributed by atoms with van der Waals surface area (Å²) in [6, 6.07) is 1.66. The smallest absolute Gasteiger partial charge is 0.164 e. The molecule has 4 heteroatoms. The molecule has 16 heavy (non-hydrogen) atoms. The van der Waals surface area contributed by atoms with Crippen LogP contribution in [0.2, 0.25) is 0 Å². The van der Waals surface area contributed by atoms with Crippen LogP contribution >= 0.6 is 15.9 Å². The molecule has 0 aromatic heterocycles. The second-order valence-corrected chi connectivity index (χ2v) is 5.21. The van der Waals surface area contributed by atoms with E-state index in [2.05, 4.69) is 36.7 Å². The van der Waals surface area contributed by atoms with Crippen LogP contribution < -0.4 is 10.5 Å². The third-order valence-electron chi connectivity index (χ3n) is 3.01. The quantitative estimate of drug-likeness (QED) is 0.858. The Morgan fingerprint density at radius 2 is 2.06 bits per heavy atom. The molecule has 0 amide bonds. The van der Waals surface area contributed by atoms with Crippen molar-refractivity contribution in [1.82, 2.24) is 0 Å². The van der Waals surface area contributed by atoms with Crippen molar-refractivity contribution in [2.45, 2.75) is 32.6 Å². The van der Waals surface area contributed by atoms with Gasteiger partial charge in [0.25, 0.3) is 0 Å². The average molecular weight is 290 g/mol. The van der Waals surface area contributed by atoms with Crippen molar-refractivity contribution >= 4 is 21.6 Å². The number of methoxy groups -OCH3 is 1. The van der Waals surface area contributed by atoms with Gasteiger partial charge in [-0.1, -0.05) is 20.8 Å². The molecule has 0 saturated heterocycles. The van der Waals surface area contributed by atoms with Crippen molar-refractivity contribution in [1.29, 1.82) is 0 Å². The van der Waals surface area contributed by atoms with E-state index in [-0.39, 0.29) is 11.1 Å². The first-order chi connectivity index (χ1) is 7.35. The Hall–Kier alpha value is -0.770. The van der Waals surface area contributed by atoms with E-state index in [1.807, 2.05) is 0 Å². The SMILES string of the molecule is CCC(C)(C)c1cc(N)c(F)c(Br)c1OC. The molecule has 0 bridgehead atoms. The van der Waals surface area contributed by atoms with E-state index in [1.165, 1.54) is 7.11 Å². The van der Waals surface area contributed by atoms with Crippen LogP contribution in [0.4, 0.5) is 10.1 Å². The maximum atomic E-state index is 13.6. The maximum absolute atomic E-state index is 13.6. The zero-order valence-corrected chi connectivity index (χ0v) is 11.6. The zero-order valence-electron chi connectivity index (χ0n) is 10.0. The Bertz CT molecular complexity index is 404. The second kappa shape index (κ2) is 4.62. The normalized spacial score (nSPS) is 11.6. The topological polar surface area (TPSA) is 35.2 Å². The lowest BCUT2D eigenvalue weighted by atomic mass is 9.81. The van der Waals surface area contributed by atoms with E-state index in [1.54, 1.807) is 6.07 Å². The molecule has 0 fully saturated rings. The first kappa shape index (κ1) is 13.3. The lowest BCUT2D eigenvalue weighted by molar-refractivity contribution is 0.383. The highest BCUT2D eigenvalue weighted by atomic mass is 79.9. The van der Waals surface area contributed by atoms with Crippen LogP contribution in [0.1, 0.15) is 32.8 Å². The van der Waals surface area contributed by atoms with Crippen molar-refractivity contribution in [3.05, 3.63) is 21.9 Å². The number of halogens is 2. The molecule has 1 aromatic carbocycles. The maximum Gasteiger partial charge on any atom is 0.164 e. The number of benzene rings is 1. The molecule has 0 heterocycles. The van der Waals surface area contributed by atoms with Gasteiger partial charge in [0.05, 0.1) is 17.3 Å². The first-order valence-corrected chi connectivity index (χ1v) is 5.96. The molecule has 0 aliphatic carbocycles. The van der Waals surface area contributed by atoms with E-state index < -0.39 is 5.82 Å². The number of nitrogen functional groups attached to an aromatic ring is 1. The molecular formula is C12H17BrFNO. The van der Waals surface area contributed by atoms with Crippen molar-refractivity contribution < 1.29 is 9.13 Å². The number of rotatable bonds is 3. The molecule has 0 radical (unpaired) electrons. The summed E-state index contributed by atoms with van der Waals surface area (Å²) in [6.07, 6.45) is 0.918. The Labute approximate surface area is 104 Å². The second-order valence-electron chi connectivity index (χ2n) is 4.41. The van der Waals surface area contributed by atoms with Gasteiger partial charge in [0.1, 0.15) is 5.75 Å². The highest BCUT2D eigenvalue weighted by Crippen LogP contribution is 2.42. The fourth-order valence-electron chi connectivity index (χ4n) is 1.52. The zero-order chi connectivity index (χ0) is 12.5. The number of hydrogen-bond acceptors (Lipinski definition) is 2. The molecule has 90 valence electrons. The van der Waals surface area contributed by atoms with Crippen LogP contribution in [0.25, 0.3) is 0 Å². The Kier molecular flexibility index (Phi) is 3.84. The lowest BCUT2D eigenvalue weighted by Crippen LogP contribution is -2.18. The fourth-order valence-corrected chi connectivity index (χ4v) is 2.13. The van der Waals surface area contributed by atoms with Gasteiger partial charge in [-0.05, 0) is 33.8 Å². The predicted octanol–water partition coefficient (Wildman–Crippen LogP) is 3.87. The Morgan fingerprint density at radius 3 is 2.50 bits per heavy atom.